The number of benzene rings is 1. The highest BCUT2D eigenvalue weighted by Crippen LogP contribution is 2.43. The second kappa shape index (κ2) is 10.8. The summed E-state index contributed by atoms with van der Waals surface area (Å²) >= 11 is 0. The molecule has 4 N–H and O–H groups in total. The van der Waals surface area contributed by atoms with Crippen molar-refractivity contribution in [1.29, 1.82) is 0 Å². The number of nitrogens with zero attached hydrogens (tertiary/aromatic N) is 3. The lowest BCUT2D eigenvalue weighted by molar-refractivity contribution is -0.141. The summed E-state index contributed by atoms with van der Waals surface area (Å²) in [5.41, 5.74) is 4.90. The van der Waals surface area contributed by atoms with E-state index in [-0.39, 0.29) is 23.8 Å². The van der Waals surface area contributed by atoms with Crippen LogP contribution in [-0.4, -0.2) is 25.8 Å². The van der Waals surface area contributed by atoms with Crippen molar-refractivity contribution in [2.75, 3.05) is 0 Å². The third-order valence-corrected chi connectivity index (χ3v) is 7.30. The minimum absolute atomic E-state index is 0.182. The van der Waals surface area contributed by atoms with Crippen LogP contribution in [0, 0.1) is 11.8 Å². The minimum atomic E-state index is -4.73. The average molecular weight is 538 g/mol. The van der Waals surface area contributed by atoms with Crippen LogP contribution in [0.5, 0.6) is 0 Å². The highest BCUT2D eigenvalue weighted by atomic mass is 19.4. The molecule has 2 atom stereocenters. The maximum absolute atomic E-state index is 13.6. The van der Waals surface area contributed by atoms with Crippen LogP contribution in [0.4, 0.5) is 13.2 Å². The summed E-state index contributed by atoms with van der Waals surface area (Å²) in [4.78, 5) is 17.8. The van der Waals surface area contributed by atoms with Crippen molar-refractivity contribution in [3.05, 3.63) is 101 Å². The smallest absolute Gasteiger partial charge is 0.383 e. The first-order valence-corrected chi connectivity index (χ1v) is 13.0. The number of nitrogens with one attached hydrogen (secondary N) is 1. The van der Waals surface area contributed by atoms with Crippen LogP contribution in [0.2, 0.25) is 0 Å². The maximum Gasteiger partial charge on any atom is 0.435 e. The van der Waals surface area contributed by atoms with Crippen LogP contribution in [0.15, 0.2) is 78.7 Å². The van der Waals surface area contributed by atoms with Gasteiger partial charge in [-0.1, -0.05) is 43.2 Å². The van der Waals surface area contributed by atoms with Crippen LogP contribution >= 0.6 is 0 Å². The van der Waals surface area contributed by atoms with E-state index in [1.54, 1.807) is 54.7 Å². The molecule has 39 heavy (non-hydrogen) atoms. The molecule has 0 aliphatic heterocycles. The fraction of sp³-hybridized carbons (Fsp3) is 0.345. The van der Waals surface area contributed by atoms with E-state index < -0.39 is 23.4 Å². The quantitative estimate of drug-likeness (QED) is 0.356. The van der Waals surface area contributed by atoms with Crippen LogP contribution in [0.1, 0.15) is 59.5 Å². The zero-order valence-electron chi connectivity index (χ0n) is 21.2. The van der Waals surface area contributed by atoms with E-state index in [0.29, 0.717) is 35.7 Å². The summed E-state index contributed by atoms with van der Waals surface area (Å²) in [6, 6.07) is 12.7. The normalized spacial score (nSPS) is 18.9. The van der Waals surface area contributed by atoms with E-state index in [1.807, 2.05) is 12.1 Å². The van der Waals surface area contributed by atoms with E-state index in [2.05, 4.69) is 15.4 Å². The van der Waals surface area contributed by atoms with Gasteiger partial charge in [0, 0.05) is 30.4 Å². The minimum Gasteiger partial charge on any atom is -0.383 e. The topological polar surface area (TPSA) is 106 Å². The lowest BCUT2D eigenvalue weighted by atomic mass is 9.76. The SMILES string of the molecule is NCc1cccc(-n2nc(C(F)(F)F)cc2C(=O)NC2=CC(C(O)(CCC3CC3)c3ccccn3)CC=C2)c1. The number of nitrogens with two attached hydrogens (primary N) is 1. The van der Waals surface area contributed by atoms with Crippen LogP contribution in [0.3, 0.4) is 0 Å². The van der Waals surface area contributed by atoms with Crippen LogP contribution < -0.4 is 11.1 Å². The molecule has 1 fully saturated rings. The van der Waals surface area contributed by atoms with E-state index in [0.717, 1.165) is 30.0 Å². The molecule has 1 saturated carbocycles. The first-order chi connectivity index (χ1) is 18.7. The molecule has 1 amide bonds. The largest absolute Gasteiger partial charge is 0.435 e. The first kappa shape index (κ1) is 26.8. The number of alkyl halides is 3. The molecule has 2 heterocycles. The predicted molar refractivity (Wildman–Crippen MR) is 139 cm³/mol. The number of rotatable bonds is 9. The molecule has 0 bridgehead atoms. The third-order valence-electron chi connectivity index (χ3n) is 7.30. The number of hydrogen-bond donors (Lipinski definition) is 3. The van der Waals surface area contributed by atoms with Gasteiger partial charge >= 0.3 is 6.18 Å². The molecule has 2 aromatic heterocycles. The molecule has 0 saturated heterocycles. The summed E-state index contributed by atoms with van der Waals surface area (Å²) in [6.07, 6.45) is 6.42. The Kier molecular flexibility index (Phi) is 7.42. The zero-order chi connectivity index (χ0) is 27.6. The fourth-order valence-corrected chi connectivity index (χ4v) is 4.94. The van der Waals surface area contributed by atoms with Crippen molar-refractivity contribution in [3.8, 4) is 5.69 Å². The number of carbonyl (C=O) groups excluding carboxylic acids is 1. The number of pyridine rings is 1. The third kappa shape index (κ3) is 5.97. The summed E-state index contributed by atoms with van der Waals surface area (Å²) in [5.74, 6) is -0.543. The Balaban J connectivity index is 1.44. The molecule has 2 aliphatic carbocycles. The number of hydrogen-bond acceptors (Lipinski definition) is 5. The monoisotopic (exact) mass is 537 g/mol. The Morgan fingerprint density at radius 2 is 1.95 bits per heavy atom. The molecule has 10 heteroatoms. The van der Waals surface area contributed by atoms with Crippen molar-refractivity contribution in [3.63, 3.8) is 0 Å². The van der Waals surface area contributed by atoms with Crippen LogP contribution in [-0.2, 0) is 18.3 Å². The van der Waals surface area contributed by atoms with E-state index in [9.17, 15) is 23.1 Å². The summed E-state index contributed by atoms with van der Waals surface area (Å²) < 4.78 is 41.6. The predicted octanol–water partition coefficient (Wildman–Crippen LogP) is 5.01. The Hall–Kier alpha value is -3.76. The van der Waals surface area contributed by atoms with Gasteiger partial charge < -0.3 is 16.2 Å². The van der Waals surface area contributed by atoms with Gasteiger partial charge in [0.1, 0.15) is 11.3 Å². The van der Waals surface area contributed by atoms with Crippen molar-refractivity contribution >= 4 is 5.91 Å². The number of amides is 1. The van der Waals surface area contributed by atoms with Gasteiger partial charge in [-0.05, 0) is 61.1 Å². The molecule has 1 aromatic carbocycles. The van der Waals surface area contributed by atoms with E-state index >= 15 is 0 Å². The molecular weight excluding hydrogens is 507 g/mol. The van der Waals surface area contributed by atoms with Gasteiger partial charge in [0.05, 0.1) is 11.4 Å². The van der Waals surface area contributed by atoms with Crippen molar-refractivity contribution < 1.29 is 23.1 Å². The van der Waals surface area contributed by atoms with Gasteiger partial charge in [-0.15, -0.1) is 0 Å². The van der Waals surface area contributed by atoms with E-state index in [4.69, 9.17) is 5.73 Å². The molecule has 2 unspecified atom stereocenters. The van der Waals surface area contributed by atoms with Crippen molar-refractivity contribution in [1.82, 2.24) is 20.1 Å². The van der Waals surface area contributed by atoms with Crippen molar-refractivity contribution in [2.45, 2.75) is 50.4 Å². The molecule has 0 radical (unpaired) electrons. The summed E-state index contributed by atoms with van der Waals surface area (Å²) in [5, 5.41) is 18.3. The maximum atomic E-state index is 13.6. The zero-order valence-corrected chi connectivity index (χ0v) is 21.2. The molecule has 5 rings (SSSR count). The van der Waals surface area contributed by atoms with E-state index in [1.165, 1.54) is 0 Å². The molecule has 7 nitrogen and oxygen atoms in total. The summed E-state index contributed by atoms with van der Waals surface area (Å²) in [7, 11) is 0. The number of aromatic nitrogens is 3. The van der Waals surface area contributed by atoms with Crippen molar-refractivity contribution in [2.24, 2.45) is 17.6 Å². The van der Waals surface area contributed by atoms with Gasteiger partial charge in [0.2, 0.25) is 0 Å². The number of allylic oxidation sites excluding steroid dienone is 2. The molecule has 204 valence electrons. The Labute approximate surface area is 224 Å². The standard InChI is InChI=1S/C29H30F3N5O2/c30-29(31,32)26-17-24(37(36-26)23-8-3-5-20(15-23)18-33)27(38)35-22-7-4-6-21(16-22)28(39,13-12-19-10-11-19)25-9-1-2-14-34-25/h1-5,7-9,14-17,19,21,39H,6,10-13,18,33H2,(H,35,38). The summed E-state index contributed by atoms with van der Waals surface area (Å²) in [6.45, 7) is 0.182. The van der Waals surface area contributed by atoms with Gasteiger partial charge in [0.15, 0.2) is 5.69 Å². The average Bonchev–Trinajstić information content (AvgIpc) is 3.66. The number of carbonyl (C=O) groups is 1. The van der Waals surface area contributed by atoms with Gasteiger partial charge in [-0.3, -0.25) is 9.78 Å². The lowest BCUT2D eigenvalue weighted by Crippen LogP contribution is -2.37. The second-order valence-corrected chi connectivity index (χ2v) is 10.1. The van der Waals surface area contributed by atoms with Gasteiger partial charge in [-0.25, -0.2) is 4.68 Å². The Bertz CT molecular complexity index is 1400. The molecule has 0 spiro atoms. The number of halogens is 3. The highest BCUT2D eigenvalue weighted by molar-refractivity contribution is 5.94. The first-order valence-electron chi connectivity index (χ1n) is 13.0. The number of aliphatic hydroxyl groups is 1. The van der Waals surface area contributed by atoms with Gasteiger partial charge in [0.25, 0.3) is 5.91 Å². The van der Waals surface area contributed by atoms with Gasteiger partial charge in [-0.2, -0.15) is 18.3 Å². The molecule has 3 aromatic rings. The Morgan fingerprint density at radius 1 is 1.13 bits per heavy atom. The fourth-order valence-electron chi connectivity index (χ4n) is 4.94. The highest BCUT2D eigenvalue weighted by Gasteiger charge is 2.40. The Morgan fingerprint density at radius 3 is 2.64 bits per heavy atom. The molecular formula is C29H30F3N5O2. The van der Waals surface area contributed by atoms with Crippen LogP contribution in [0.25, 0.3) is 5.69 Å². The molecule has 2 aliphatic rings. The second-order valence-electron chi connectivity index (χ2n) is 10.1. The lowest BCUT2D eigenvalue weighted by Gasteiger charge is -2.35.